The molecule has 0 amide bonds. The first-order chi connectivity index (χ1) is 14.1. The van der Waals surface area contributed by atoms with Crippen LogP contribution in [-0.4, -0.2) is 19.6 Å². The predicted molar refractivity (Wildman–Crippen MR) is 113 cm³/mol. The summed E-state index contributed by atoms with van der Waals surface area (Å²) >= 11 is 0. The van der Waals surface area contributed by atoms with Gasteiger partial charge in [0, 0.05) is 18.1 Å². The van der Waals surface area contributed by atoms with Gasteiger partial charge in [0.05, 0.1) is 41.8 Å². The molecule has 0 fully saturated rings. The first-order valence-corrected chi connectivity index (χ1v) is 9.89. The molecular weight excluding hydrogens is 360 g/mol. The van der Waals surface area contributed by atoms with Crippen LogP contribution in [0.1, 0.15) is 41.1 Å². The number of hydrogen-bond donors (Lipinski definition) is 1. The van der Waals surface area contributed by atoms with Crippen LogP contribution in [0.5, 0.6) is 0 Å². The minimum Gasteiger partial charge on any atom is -0.378 e. The Morgan fingerprint density at radius 3 is 2.86 bits per heavy atom. The zero-order valence-electron chi connectivity index (χ0n) is 16.6. The van der Waals surface area contributed by atoms with E-state index in [2.05, 4.69) is 51.9 Å². The third-order valence-electron chi connectivity index (χ3n) is 5.77. The Morgan fingerprint density at radius 1 is 1.17 bits per heavy atom. The maximum absolute atomic E-state index is 9.34. The minimum atomic E-state index is 0.248. The molecule has 1 aliphatic rings. The first kappa shape index (κ1) is 17.5. The van der Waals surface area contributed by atoms with E-state index in [0.29, 0.717) is 0 Å². The van der Waals surface area contributed by atoms with Crippen molar-refractivity contribution in [3.8, 4) is 11.8 Å². The molecule has 1 unspecified atom stereocenters. The molecule has 6 heteroatoms. The van der Waals surface area contributed by atoms with Crippen LogP contribution < -0.4 is 5.32 Å². The molecule has 0 radical (unpaired) electrons. The molecule has 144 valence electrons. The lowest BCUT2D eigenvalue weighted by atomic mass is 9.85. The Balaban J connectivity index is 1.50. The number of rotatable bonds is 3. The van der Waals surface area contributed by atoms with Crippen LogP contribution in [0.25, 0.3) is 16.6 Å². The smallest absolute Gasteiger partial charge is 0.103 e. The van der Waals surface area contributed by atoms with Crippen LogP contribution in [0.3, 0.4) is 0 Å². The molecule has 2 aromatic carbocycles. The number of aryl methyl sites for hydroxylation is 3. The number of anilines is 1. The highest BCUT2D eigenvalue weighted by Gasteiger charge is 2.22. The maximum Gasteiger partial charge on any atom is 0.103 e. The monoisotopic (exact) mass is 382 g/mol. The van der Waals surface area contributed by atoms with Gasteiger partial charge in [0.1, 0.15) is 5.69 Å². The summed E-state index contributed by atoms with van der Waals surface area (Å²) in [7, 11) is 1.91. The molecule has 0 spiro atoms. The molecule has 0 bridgehead atoms. The van der Waals surface area contributed by atoms with E-state index in [1.54, 1.807) is 4.68 Å². The van der Waals surface area contributed by atoms with Crippen molar-refractivity contribution in [3.05, 3.63) is 71.2 Å². The van der Waals surface area contributed by atoms with Gasteiger partial charge >= 0.3 is 0 Å². The molecule has 4 aromatic rings. The Kier molecular flexibility index (Phi) is 4.09. The fraction of sp³-hybridized carbons (Fsp3) is 0.261. The fourth-order valence-electron chi connectivity index (χ4n) is 4.27. The molecule has 0 saturated carbocycles. The number of benzene rings is 2. The average molecular weight is 382 g/mol. The lowest BCUT2D eigenvalue weighted by Crippen LogP contribution is -2.18. The van der Waals surface area contributed by atoms with E-state index in [-0.39, 0.29) is 6.04 Å². The number of hydrogen-bond acceptors (Lipinski definition) is 4. The van der Waals surface area contributed by atoms with Gasteiger partial charge in [0.15, 0.2) is 0 Å². The van der Waals surface area contributed by atoms with Gasteiger partial charge in [0.2, 0.25) is 0 Å². The number of aromatic nitrogens is 4. The lowest BCUT2D eigenvalue weighted by molar-refractivity contribution is 0.600. The minimum absolute atomic E-state index is 0.248. The van der Waals surface area contributed by atoms with Crippen molar-refractivity contribution in [1.29, 1.82) is 5.26 Å². The van der Waals surface area contributed by atoms with Crippen molar-refractivity contribution in [1.82, 2.24) is 19.6 Å². The number of fused-ring (bicyclic) bond motifs is 2. The Labute approximate surface area is 169 Å². The quantitative estimate of drug-likeness (QED) is 0.569. The van der Waals surface area contributed by atoms with Gasteiger partial charge < -0.3 is 5.32 Å². The third-order valence-corrected chi connectivity index (χ3v) is 5.77. The van der Waals surface area contributed by atoms with Crippen molar-refractivity contribution in [3.63, 3.8) is 0 Å². The van der Waals surface area contributed by atoms with Crippen LogP contribution in [0.2, 0.25) is 0 Å². The van der Waals surface area contributed by atoms with E-state index in [0.717, 1.165) is 52.7 Å². The zero-order chi connectivity index (χ0) is 20.0. The van der Waals surface area contributed by atoms with E-state index in [9.17, 15) is 5.26 Å². The molecule has 5 rings (SSSR count). The van der Waals surface area contributed by atoms with Crippen LogP contribution in [0.15, 0.2) is 48.9 Å². The SMILES string of the molecule is Cc1cc2c(cc1C#N)CCCC2Nc1ccc2cnn(-c3cnn(C)c3)c2c1. The predicted octanol–water partition coefficient (Wildman–Crippen LogP) is 4.43. The first-order valence-electron chi connectivity index (χ1n) is 9.89. The summed E-state index contributed by atoms with van der Waals surface area (Å²) in [6.07, 6.45) is 8.90. The second-order valence-corrected chi connectivity index (χ2v) is 7.77. The summed E-state index contributed by atoms with van der Waals surface area (Å²) in [5, 5.41) is 23.0. The molecular formula is C23H22N6. The van der Waals surface area contributed by atoms with E-state index < -0.39 is 0 Å². The second-order valence-electron chi connectivity index (χ2n) is 7.77. The van der Waals surface area contributed by atoms with Crippen LogP contribution in [0, 0.1) is 18.3 Å². The largest absolute Gasteiger partial charge is 0.378 e. The normalized spacial score (nSPS) is 15.8. The highest BCUT2D eigenvalue weighted by molar-refractivity contribution is 5.83. The summed E-state index contributed by atoms with van der Waals surface area (Å²) in [6, 6.07) is 13.2. The van der Waals surface area contributed by atoms with Crippen molar-refractivity contribution < 1.29 is 0 Å². The van der Waals surface area contributed by atoms with Gasteiger partial charge in [0.25, 0.3) is 0 Å². The molecule has 6 nitrogen and oxygen atoms in total. The molecule has 2 aromatic heterocycles. The van der Waals surface area contributed by atoms with Gasteiger partial charge in [-0.3, -0.25) is 4.68 Å². The second kappa shape index (κ2) is 6.78. The van der Waals surface area contributed by atoms with Crippen molar-refractivity contribution in [2.24, 2.45) is 7.05 Å². The zero-order valence-corrected chi connectivity index (χ0v) is 16.6. The fourth-order valence-corrected chi connectivity index (χ4v) is 4.27. The number of nitrogens with zero attached hydrogens (tertiary/aromatic N) is 5. The molecule has 2 heterocycles. The van der Waals surface area contributed by atoms with E-state index in [1.807, 2.05) is 37.2 Å². The van der Waals surface area contributed by atoms with Crippen molar-refractivity contribution in [2.75, 3.05) is 5.32 Å². The highest BCUT2D eigenvalue weighted by atomic mass is 15.3. The van der Waals surface area contributed by atoms with Gasteiger partial charge in [-0.1, -0.05) is 6.07 Å². The van der Waals surface area contributed by atoms with Gasteiger partial charge in [-0.15, -0.1) is 0 Å². The van der Waals surface area contributed by atoms with Crippen molar-refractivity contribution in [2.45, 2.75) is 32.2 Å². The van der Waals surface area contributed by atoms with E-state index in [4.69, 9.17) is 0 Å². The van der Waals surface area contributed by atoms with Crippen LogP contribution >= 0.6 is 0 Å². The summed E-state index contributed by atoms with van der Waals surface area (Å²) < 4.78 is 3.70. The summed E-state index contributed by atoms with van der Waals surface area (Å²) in [4.78, 5) is 0. The average Bonchev–Trinajstić information content (AvgIpc) is 3.33. The van der Waals surface area contributed by atoms with E-state index >= 15 is 0 Å². The molecule has 1 aliphatic carbocycles. The maximum atomic E-state index is 9.34. The Bertz CT molecular complexity index is 1260. The van der Waals surface area contributed by atoms with Gasteiger partial charge in [-0.05, 0) is 67.1 Å². The third kappa shape index (κ3) is 3.05. The number of nitrogens with one attached hydrogen (secondary N) is 1. The van der Waals surface area contributed by atoms with Crippen molar-refractivity contribution >= 4 is 16.6 Å². The molecule has 29 heavy (non-hydrogen) atoms. The lowest BCUT2D eigenvalue weighted by Gasteiger charge is -2.28. The summed E-state index contributed by atoms with van der Waals surface area (Å²) in [6.45, 7) is 2.02. The molecule has 1 atom stereocenters. The standard InChI is InChI=1S/C23H22N6/c1-15-8-21-16(9-18(15)11-24)4-3-5-22(21)27-19-7-6-17-12-26-29(23(17)10-19)20-13-25-28(2)14-20/h6-10,12-14,22,27H,3-5H2,1-2H3. The topological polar surface area (TPSA) is 71.5 Å². The highest BCUT2D eigenvalue weighted by Crippen LogP contribution is 2.35. The molecule has 0 saturated heterocycles. The molecule has 0 aliphatic heterocycles. The summed E-state index contributed by atoms with van der Waals surface area (Å²) in [5.41, 5.74) is 7.50. The Hall–Kier alpha value is -3.59. The summed E-state index contributed by atoms with van der Waals surface area (Å²) in [5.74, 6) is 0. The van der Waals surface area contributed by atoms with E-state index in [1.165, 1.54) is 11.1 Å². The molecule has 1 N–H and O–H groups in total. The van der Waals surface area contributed by atoms with Gasteiger partial charge in [-0.2, -0.15) is 15.5 Å². The Morgan fingerprint density at radius 2 is 2.07 bits per heavy atom. The van der Waals surface area contributed by atoms with Crippen LogP contribution in [0.4, 0.5) is 5.69 Å². The number of nitriles is 1. The van der Waals surface area contributed by atoms with Gasteiger partial charge in [-0.25, -0.2) is 4.68 Å². The van der Waals surface area contributed by atoms with Crippen LogP contribution in [-0.2, 0) is 13.5 Å².